The molecule has 8 N–H and O–H groups in total. The van der Waals surface area contributed by atoms with Gasteiger partial charge < -0.3 is 11.5 Å². The van der Waals surface area contributed by atoms with Crippen molar-refractivity contribution in [3.05, 3.63) is 35.4 Å². The maximum Gasteiger partial charge on any atom is 0.193 e. The van der Waals surface area contributed by atoms with Crippen molar-refractivity contribution in [1.82, 2.24) is 0 Å². The molecule has 0 fully saturated rings. The lowest BCUT2D eigenvalue weighted by Gasteiger charge is -2.14. The van der Waals surface area contributed by atoms with Crippen LogP contribution < -0.4 is 23.3 Å². The van der Waals surface area contributed by atoms with Gasteiger partial charge in [0.05, 0.1) is 11.3 Å². The molecule has 8 nitrogen and oxygen atoms in total. The van der Waals surface area contributed by atoms with Crippen LogP contribution in [0.2, 0.25) is 0 Å². The summed E-state index contributed by atoms with van der Waals surface area (Å²) >= 11 is 0. The quantitative estimate of drug-likeness (QED) is 0.333. The zero-order valence-electron chi connectivity index (χ0n) is 11.7. The topological polar surface area (TPSA) is 157 Å². The van der Waals surface area contributed by atoms with Crippen LogP contribution >= 0.6 is 0 Å². The van der Waals surface area contributed by atoms with Crippen molar-refractivity contribution < 1.29 is 19.3 Å². The summed E-state index contributed by atoms with van der Waals surface area (Å²) < 4.78 is 0. The molecule has 0 aliphatic rings. The largest absolute Gasteiger partial charge is 0.398 e. The Morgan fingerprint density at radius 2 is 1.59 bits per heavy atom. The van der Waals surface area contributed by atoms with E-state index in [1.807, 2.05) is 0 Å². The van der Waals surface area contributed by atoms with Crippen LogP contribution in [0.4, 0.5) is 11.4 Å². The van der Waals surface area contributed by atoms with Gasteiger partial charge in [-0.25, -0.2) is 11.8 Å². The molecule has 0 bridgehead atoms. The van der Waals surface area contributed by atoms with Gasteiger partial charge in [-0.05, 0) is 12.1 Å². The molecule has 0 heterocycles. The molecule has 0 amide bonds. The number of Topliss-reactive ketones (excluding diaryl/α,β-unsaturated/α-hetero) is 2. The number of nitrogen functional groups attached to an aromatic ring is 2. The fourth-order valence-electron chi connectivity index (χ4n) is 2.30. The molecule has 0 unspecified atom stereocenters. The average molecular weight is 304 g/mol. The van der Waals surface area contributed by atoms with Gasteiger partial charge in [0.15, 0.2) is 11.6 Å². The minimum atomic E-state index is -0.523. The number of carbonyl (C=O) groups excluding carboxylic acids is 2. The maximum absolute atomic E-state index is 12.2. The summed E-state index contributed by atoms with van der Waals surface area (Å²) in [4.78, 5) is 33.0. The lowest BCUT2D eigenvalue weighted by Crippen LogP contribution is -2.21. The first-order valence-electron chi connectivity index (χ1n) is 6.31. The first kappa shape index (κ1) is 15.9. The van der Waals surface area contributed by atoms with Gasteiger partial charge in [0.2, 0.25) is 0 Å². The molecule has 0 spiro atoms. The van der Waals surface area contributed by atoms with E-state index in [2.05, 4.69) is 9.68 Å². The molecule has 0 atom stereocenters. The fourth-order valence-corrected chi connectivity index (χ4v) is 2.30. The smallest absolute Gasteiger partial charge is 0.193 e. The van der Waals surface area contributed by atoms with Crippen LogP contribution in [-0.4, -0.2) is 24.8 Å². The van der Waals surface area contributed by atoms with E-state index in [-0.39, 0.29) is 16.8 Å². The normalized spacial score (nSPS) is 10.8. The number of nitrogens with two attached hydrogens (primary N) is 4. The molecule has 0 aliphatic carbocycles. The molecular formula is C14H16N4O4. The second-order valence-electron chi connectivity index (χ2n) is 4.62. The van der Waals surface area contributed by atoms with E-state index in [1.165, 1.54) is 6.07 Å². The van der Waals surface area contributed by atoms with Gasteiger partial charge in [0, 0.05) is 22.0 Å². The Hall–Kier alpha value is -2.52. The number of rotatable bonds is 6. The minimum absolute atomic E-state index is 0.0191. The van der Waals surface area contributed by atoms with E-state index >= 15 is 0 Å². The Labute approximate surface area is 125 Å². The Morgan fingerprint density at radius 3 is 2.23 bits per heavy atom. The van der Waals surface area contributed by atoms with Crippen molar-refractivity contribution in [2.24, 2.45) is 11.8 Å². The summed E-state index contributed by atoms with van der Waals surface area (Å²) in [6.45, 7) is -0.816. The van der Waals surface area contributed by atoms with Crippen LogP contribution in [0.5, 0.6) is 0 Å². The third-order valence-electron chi connectivity index (χ3n) is 3.27. The molecule has 2 aromatic carbocycles. The molecule has 22 heavy (non-hydrogen) atoms. The highest BCUT2D eigenvalue weighted by Gasteiger charge is 2.23. The zero-order chi connectivity index (χ0) is 16.3. The SMILES string of the molecule is NOCC(=O)c1cc2c(N)cccc2c(N)c1C(=O)CON. The minimum Gasteiger partial charge on any atom is -0.398 e. The number of hydrogen-bond acceptors (Lipinski definition) is 8. The van der Waals surface area contributed by atoms with Gasteiger partial charge in [-0.3, -0.25) is 19.3 Å². The highest BCUT2D eigenvalue weighted by molar-refractivity contribution is 6.19. The second kappa shape index (κ2) is 6.50. The van der Waals surface area contributed by atoms with Crippen molar-refractivity contribution in [2.45, 2.75) is 0 Å². The molecule has 0 radical (unpaired) electrons. The standard InChI is InChI=1S/C14H16N4O4/c15-10-3-1-2-7-8(10)4-9(11(19)5-21-17)13(14(7)16)12(20)6-22-18/h1-4H,5-6,15-18H2. The molecule has 0 saturated heterocycles. The van der Waals surface area contributed by atoms with Crippen LogP contribution in [0.25, 0.3) is 10.8 Å². The highest BCUT2D eigenvalue weighted by atomic mass is 16.6. The van der Waals surface area contributed by atoms with E-state index in [0.29, 0.717) is 16.5 Å². The van der Waals surface area contributed by atoms with Crippen LogP contribution in [0.15, 0.2) is 24.3 Å². The number of hydrogen-bond donors (Lipinski definition) is 4. The third-order valence-corrected chi connectivity index (χ3v) is 3.27. The van der Waals surface area contributed by atoms with Crippen LogP contribution in [0, 0.1) is 0 Å². The predicted molar refractivity (Wildman–Crippen MR) is 81.7 cm³/mol. The number of fused-ring (bicyclic) bond motifs is 1. The summed E-state index contributed by atoms with van der Waals surface area (Å²) in [7, 11) is 0. The van der Waals surface area contributed by atoms with E-state index < -0.39 is 24.8 Å². The second-order valence-corrected chi connectivity index (χ2v) is 4.62. The molecule has 2 aromatic rings. The first-order chi connectivity index (χ1) is 10.5. The Balaban J connectivity index is 2.78. The molecule has 116 valence electrons. The number of ketones is 2. The Morgan fingerprint density at radius 1 is 0.955 bits per heavy atom. The zero-order valence-corrected chi connectivity index (χ0v) is 11.7. The average Bonchev–Trinajstić information content (AvgIpc) is 2.48. The predicted octanol–water partition coefficient (Wildman–Crippen LogP) is 0.150. The molecule has 2 rings (SSSR count). The van der Waals surface area contributed by atoms with E-state index in [4.69, 9.17) is 23.3 Å². The number of benzene rings is 2. The maximum atomic E-state index is 12.2. The van der Waals surface area contributed by atoms with E-state index in [1.54, 1.807) is 18.2 Å². The summed E-state index contributed by atoms with van der Waals surface area (Å²) in [5.74, 6) is 8.83. The molecule has 8 heteroatoms. The summed E-state index contributed by atoms with van der Waals surface area (Å²) in [5, 5.41) is 1.12. The monoisotopic (exact) mass is 304 g/mol. The Bertz CT molecular complexity index is 745. The molecule has 0 aromatic heterocycles. The lowest BCUT2D eigenvalue weighted by atomic mass is 9.93. The first-order valence-corrected chi connectivity index (χ1v) is 6.31. The van der Waals surface area contributed by atoms with Gasteiger partial charge in [-0.2, -0.15) is 0 Å². The van der Waals surface area contributed by atoms with Crippen molar-refractivity contribution in [3.8, 4) is 0 Å². The fraction of sp³-hybridized carbons (Fsp3) is 0.143. The van der Waals surface area contributed by atoms with Gasteiger partial charge in [0.1, 0.15) is 13.2 Å². The lowest BCUT2D eigenvalue weighted by molar-refractivity contribution is 0.0732. The van der Waals surface area contributed by atoms with Crippen molar-refractivity contribution in [2.75, 3.05) is 24.7 Å². The molecule has 0 saturated carbocycles. The number of carbonyl (C=O) groups is 2. The summed E-state index contributed by atoms with van der Waals surface area (Å²) in [6, 6.07) is 6.56. The third kappa shape index (κ3) is 2.76. The molecule has 0 aliphatic heterocycles. The summed E-state index contributed by atoms with van der Waals surface area (Å²) in [5.41, 5.74) is 12.6. The van der Waals surface area contributed by atoms with Crippen molar-refractivity contribution >= 4 is 33.7 Å². The van der Waals surface area contributed by atoms with Gasteiger partial charge in [-0.15, -0.1) is 0 Å². The van der Waals surface area contributed by atoms with Gasteiger partial charge in [0.25, 0.3) is 0 Å². The van der Waals surface area contributed by atoms with Gasteiger partial charge in [-0.1, -0.05) is 12.1 Å². The Kier molecular flexibility index (Phi) is 4.68. The number of anilines is 2. The van der Waals surface area contributed by atoms with Gasteiger partial charge >= 0.3 is 0 Å². The highest BCUT2D eigenvalue weighted by Crippen LogP contribution is 2.32. The van der Waals surface area contributed by atoms with Crippen molar-refractivity contribution in [3.63, 3.8) is 0 Å². The van der Waals surface area contributed by atoms with Crippen LogP contribution in [-0.2, 0) is 9.68 Å². The van der Waals surface area contributed by atoms with E-state index in [0.717, 1.165) is 0 Å². The summed E-state index contributed by atoms with van der Waals surface area (Å²) in [6.07, 6.45) is 0. The molecular weight excluding hydrogens is 288 g/mol. The van der Waals surface area contributed by atoms with E-state index in [9.17, 15) is 9.59 Å². The van der Waals surface area contributed by atoms with Crippen LogP contribution in [0.1, 0.15) is 20.7 Å². The van der Waals surface area contributed by atoms with Crippen LogP contribution in [0.3, 0.4) is 0 Å². The van der Waals surface area contributed by atoms with Crippen molar-refractivity contribution in [1.29, 1.82) is 0 Å².